The molecule has 4 heteroatoms. The maximum atomic E-state index is 5.57. The van der Waals surface area contributed by atoms with Gasteiger partial charge in [-0.2, -0.15) is 0 Å². The minimum atomic E-state index is 0.338. The van der Waals surface area contributed by atoms with E-state index >= 15 is 0 Å². The maximum Gasteiger partial charge on any atom is 0.0957 e. The van der Waals surface area contributed by atoms with E-state index in [0.717, 1.165) is 24.7 Å². The third-order valence-electron chi connectivity index (χ3n) is 3.27. The van der Waals surface area contributed by atoms with Crippen LogP contribution in [0.2, 0.25) is 0 Å². The third-order valence-corrected chi connectivity index (χ3v) is 3.93. The van der Waals surface area contributed by atoms with Gasteiger partial charge in [-0.25, -0.2) is 4.98 Å². The summed E-state index contributed by atoms with van der Waals surface area (Å²) in [5.74, 6) is 0. The summed E-state index contributed by atoms with van der Waals surface area (Å²) in [5, 5.41) is 1.08. The summed E-state index contributed by atoms with van der Waals surface area (Å²) in [7, 11) is 0. The van der Waals surface area contributed by atoms with Crippen molar-refractivity contribution in [3.05, 3.63) is 23.9 Å². The molecule has 1 fully saturated rings. The van der Waals surface area contributed by atoms with Gasteiger partial charge in [0.25, 0.3) is 0 Å². The largest absolute Gasteiger partial charge is 0.376 e. The molecule has 0 N–H and O–H groups in total. The lowest BCUT2D eigenvalue weighted by atomic mass is 10.1. The monoisotopic (exact) mass is 252 g/mol. The van der Waals surface area contributed by atoms with Crippen LogP contribution in [0.25, 0.3) is 0 Å². The zero-order valence-electron chi connectivity index (χ0n) is 10.7. The van der Waals surface area contributed by atoms with Crippen LogP contribution in [-0.4, -0.2) is 41.9 Å². The molecule has 94 valence electrons. The van der Waals surface area contributed by atoms with Gasteiger partial charge in [-0.05, 0) is 31.7 Å². The molecule has 1 aromatic heterocycles. The fourth-order valence-corrected chi connectivity index (χ4v) is 2.53. The summed E-state index contributed by atoms with van der Waals surface area (Å²) >= 11 is 1.68. The van der Waals surface area contributed by atoms with Crippen LogP contribution in [0, 0.1) is 0 Å². The van der Waals surface area contributed by atoms with Crippen molar-refractivity contribution >= 4 is 11.8 Å². The number of hydrogen-bond acceptors (Lipinski definition) is 4. The van der Waals surface area contributed by atoms with E-state index in [1.165, 1.54) is 5.56 Å². The average molecular weight is 252 g/mol. The minimum Gasteiger partial charge on any atom is -0.376 e. The van der Waals surface area contributed by atoms with E-state index in [1.807, 2.05) is 6.20 Å². The zero-order chi connectivity index (χ0) is 12.3. The maximum absolute atomic E-state index is 5.57. The molecule has 0 aliphatic carbocycles. The highest BCUT2D eigenvalue weighted by Crippen LogP contribution is 2.23. The summed E-state index contributed by atoms with van der Waals surface area (Å²) in [6, 6.07) is 4.70. The van der Waals surface area contributed by atoms with Crippen molar-refractivity contribution in [3.8, 4) is 0 Å². The molecule has 0 saturated carbocycles. The van der Waals surface area contributed by atoms with Crippen molar-refractivity contribution in [3.63, 3.8) is 0 Å². The minimum absolute atomic E-state index is 0.338. The number of nitrogens with zero attached hydrogens (tertiary/aromatic N) is 2. The lowest BCUT2D eigenvalue weighted by molar-refractivity contribution is -0.0320. The standard InChI is InChI=1S/C13H20N2OS/c1-10-9-15(6-7-16-10)11(2)12-4-5-13(17-3)14-8-12/h4-5,8,10-11H,6-7,9H2,1-3H3/t10-,11-/m1/s1. The van der Waals surface area contributed by atoms with Crippen LogP contribution in [-0.2, 0) is 4.74 Å². The first kappa shape index (κ1) is 12.9. The van der Waals surface area contributed by atoms with Crippen LogP contribution in [0.5, 0.6) is 0 Å². The second-order valence-corrected chi connectivity index (χ2v) is 5.31. The van der Waals surface area contributed by atoms with E-state index < -0.39 is 0 Å². The smallest absolute Gasteiger partial charge is 0.0957 e. The quantitative estimate of drug-likeness (QED) is 0.772. The normalized spacial score (nSPS) is 23.6. The van der Waals surface area contributed by atoms with Crippen LogP contribution in [0.15, 0.2) is 23.4 Å². The SMILES string of the molecule is CSc1ccc([C@@H](C)N2CCO[C@H](C)C2)cn1. The molecule has 0 aromatic carbocycles. The Morgan fingerprint density at radius 1 is 1.53 bits per heavy atom. The summed E-state index contributed by atoms with van der Waals surface area (Å²) in [5.41, 5.74) is 1.29. The Morgan fingerprint density at radius 3 is 2.94 bits per heavy atom. The van der Waals surface area contributed by atoms with Crippen LogP contribution < -0.4 is 0 Å². The van der Waals surface area contributed by atoms with E-state index in [1.54, 1.807) is 11.8 Å². The number of morpholine rings is 1. The fraction of sp³-hybridized carbons (Fsp3) is 0.615. The van der Waals surface area contributed by atoms with Crippen molar-refractivity contribution in [2.75, 3.05) is 26.0 Å². The molecule has 1 saturated heterocycles. The van der Waals surface area contributed by atoms with E-state index in [4.69, 9.17) is 4.74 Å². The van der Waals surface area contributed by atoms with Gasteiger partial charge in [-0.15, -0.1) is 11.8 Å². The Kier molecular flexibility index (Phi) is 4.42. The molecule has 2 atom stereocenters. The summed E-state index contributed by atoms with van der Waals surface area (Å²) in [6.07, 6.45) is 4.38. The summed E-state index contributed by atoms with van der Waals surface area (Å²) in [6.45, 7) is 7.23. The van der Waals surface area contributed by atoms with E-state index in [9.17, 15) is 0 Å². The number of aromatic nitrogens is 1. The molecule has 3 nitrogen and oxygen atoms in total. The Labute approximate surface area is 108 Å². The third kappa shape index (κ3) is 3.21. The van der Waals surface area contributed by atoms with Crippen molar-refractivity contribution < 1.29 is 4.74 Å². The average Bonchev–Trinajstić information content (AvgIpc) is 2.38. The van der Waals surface area contributed by atoms with Gasteiger partial charge in [-0.3, -0.25) is 4.90 Å². The predicted molar refractivity (Wildman–Crippen MR) is 71.4 cm³/mol. The Balaban J connectivity index is 2.04. The number of thioether (sulfide) groups is 1. The van der Waals surface area contributed by atoms with Crippen molar-refractivity contribution in [2.24, 2.45) is 0 Å². The summed E-state index contributed by atoms with van der Waals surface area (Å²) < 4.78 is 5.57. The molecule has 0 amide bonds. The molecule has 2 rings (SSSR count). The van der Waals surface area contributed by atoms with Gasteiger partial charge in [0.2, 0.25) is 0 Å². The molecule has 0 spiro atoms. The Bertz CT molecular complexity index is 355. The fourth-order valence-electron chi connectivity index (χ4n) is 2.17. The van der Waals surface area contributed by atoms with Crippen LogP contribution in [0.4, 0.5) is 0 Å². The molecule has 17 heavy (non-hydrogen) atoms. The number of hydrogen-bond donors (Lipinski definition) is 0. The van der Waals surface area contributed by atoms with Crippen molar-refractivity contribution in [1.82, 2.24) is 9.88 Å². The highest BCUT2D eigenvalue weighted by molar-refractivity contribution is 7.98. The highest BCUT2D eigenvalue weighted by Gasteiger charge is 2.22. The Morgan fingerprint density at radius 2 is 2.35 bits per heavy atom. The zero-order valence-corrected chi connectivity index (χ0v) is 11.5. The van der Waals surface area contributed by atoms with E-state index in [0.29, 0.717) is 12.1 Å². The van der Waals surface area contributed by atoms with Gasteiger partial charge in [-0.1, -0.05) is 6.07 Å². The van der Waals surface area contributed by atoms with Gasteiger partial charge in [0, 0.05) is 25.3 Å². The topological polar surface area (TPSA) is 25.4 Å². The molecular weight excluding hydrogens is 232 g/mol. The first-order valence-electron chi connectivity index (χ1n) is 6.06. The van der Waals surface area contributed by atoms with Crippen molar-refractivity contribution in [2.45, 2.75) is 31.0 Å². The second kappa shape index (κ2) is 5.85. The van der Waals surface area contributed by atoms with Gasteiger partial charge in [0.05, 0.1) is 17.7 Å². The van der Waals surface area contributed by atoms with Gasteiger partial charge < -0.3 is 4.74 Å². The lowest BCUT2D eigenvalue weighted by Gasteiger charge is -2.35. The number of pyridine rings is 1. The van der Waals surface area contributed by atoms with Gasteiger partial charge in [0.1, 0.15) is 0 Å². The molecule has 1 aliphatic rings. The van der Waals surface area contributed by atoms with Gasteiger partial charge in [0.15, 0.2) is 0 Å². The molecule has 1 aliphatic heterocycles. The van der Waals surface area contributed by atoms with Gasteiger partial charge >= 0.3 is 0 Å². The van der Waals surface area contributed by atoms with Crippen LogP contribution in [0.3, 0.4) is 0 Å². The predicted octanol–water partition coefficient (Wildman–Crippen LogP) is 2.59. The number of rotatable bonds is 3. The molecule has 2 heterocycles. The first-order valence-corrected chi connectivity index (χ1v) is 7.28. The highest BCUT2D eigenvalue weighted by atomic mass is 32.2. The second-order valence-electron chi connectivity index (χ2n) is 4.49. The number of ether oxygens (including phenoxy) is 1. The molecule has 0 radical (unpaired) electrons. The molecular formula is C13H20N2OS. The summed E-state index contributed by atoms with van der Waals surface area (Å²) in [4.78, 5) is 6.90. The molecule has 1 aromatic rings. The lowest BCUT2D eigenvalue weighted by Crippen LogP contribution is -2.42. The van der Waals surface area contributed by atoms with Crippen LogP contribution >= 0.6 is 11.8 Å². The van der Waals surface area contributed by atoms with E-state index in [-0.39, 0.29) is 0 Å². The Hall–Kier alpha value is -0.580. The molecule has 0 bridgehead atoms. The van der Waals surface area contributed by atoms with E-state index in [2.05, 4.69) is 42.1 Å². The van der Waals surface area contributed by atoms with Crippen LogP contribution in [0.1, 0.15) is 25.5 Å². The first-order chi connectivity index (χ1) is 8.20. The van der Waals surface area contributed by atoms with Crippen molar-refractivity contribution in [1.29, 1.82) is 0 Å². The molecule has 0 unspecified atom stereocenters.